The monoisotopic (exact) mass is 350 g/mol. The molecular formula is C18H14N4O4. The summed E-state index contributed by atoms with van der Waals surface area (Å²) >= 11 is 0. The molecule has 0 saturated heterocycles. The Balaban J connectivity index is 1.77. The fraction of sp³-hybridized carbons (Fsp3) is 0.0556. The van der Waals surface area contributed by atoms with E-state index in [0.29, 0.717) is 27.7 Å². The molecule has 26 heavy (non-hydrogen) atoms. The van der Waals surface area contributed by atoms with Gasteiger partial charge in [0.15, 0.2) is 6.17 Å². The maximum atomic E-state index is 12.5. The van der Waals surface area contributed by atoms with Crippen molar-refractivity contribution in [2.24, 2.45) is 0 Å². The van der Waals surface area contributed by atoms with Gasteiger partial charge in [0.1, 0.15) is 0 Å². The first kappa shape index (κ1) is 15.9. The molecule has 2 heterocycles. The normalized spacial score (nSPS) is 16.1. The van der Waals surface area contributed by atoms with Crippen LogP contribution in [0.25, 0.3) is 5.69 Å². The molecule has 0 bridgehead atoms. The average Bonchev–Trinajstić information content (AvgIpc) is 3.14. The van der Waals surface area contributed by atoms with E-state index in [9.17, 15) is 20.1 Å². The molecule has 2 N–H and O–H groups in total. The second kappa shape index (κ2) is 6.01. The number of anilines is 1. The van der Waals surface area contributed by atoms with E-state index < -0.39 is 17.0 Å². The zero-order valence-electron chi connectivity index (χ0n) is 13.4. The number of nitro benzene ring substituents is 1. The summed E-state index contributed by atoms with van der Waals surface area (Å²) in [7, 11) is 0. The van der Waals surface area contributed by atoms with Crippen molar-refractivity contribution < 1.29 is 14.9 Å². The van der Waals surface area contributed by atoms with Gasteiger partial charge in [0, 0.05) is 24.0 Å². The fourth-order valence-electron chi connectivity index (χ4n) is 3.05. The number of nitrogens with zero attached hydrogens (tertiary/aromatic N) is 3. The van der Waals surface area contributed by atoms with Gasteiger partial charge < -0.3 is 9.88 Å². The number of hydrogen-bond acceptors (Lipinski definition) is 5. The molecule has 0 radical (unpaired) electrons. The summed E-state index contributed by atoms with van der Waals surface area (Å²) in [6, 6.07) is 16.5. The number of carbonyl (C=O) groups excluding carboxylic acids is 1. The van der Waals surface area contributed by atoms with Crippen LogP contribution in [-0.4, -0.2) is 25.7 Å². The number of hydrogen-bond donors (Lipinski definition) is 2. The van der Waals surface area contributed by atoms with Crippen LogP contribution in [0.4, 0.5) is 11.4 Å². The van der Waals surface area contributed by atoms with Gasteiger partial charge in [-0.05, 0) is 30.3 Å². The van der Waals surface area contributed by atoms with Gasteiger partial charge in [-0.3, -0.25) is 20.1 Å². The lowest BCUT2D eigenvalue weighted by atomic mass is 10.1. The van der Waals surface area contributed by atoms with Crippen molar-refractivity contribution in [1.29, 1.82) is 0 Å². The molecule has 0 aliphatic carbocycles. The number of fused-ring (bicyclic) bond motifs is 1. The highest BCUT2D eigenvalue weighted by molar-refractivity contribution is 6.00. The van der Waals surface area contributed by atoms with Crippen molar-refractivity contribution in [3.8, 4) is 5.69 Å². The Bertz CT molecular complexity index is 1010. The second-order valence-electron chi connectivity index (χ2n) is 5.82. The number of aromatic nitrogens is 1. The van der Waals surface area contributed by atoms with Crippen LogP contribution in [0.1, 0.15) is 22.2 Å². The summed E-state index contributed by atoms with van der Waals surface area (Å²) in [5.74, 6) is -0.517. The molecule has 1 atom stereocenters. The molecule has 4 rings (SSSR count). The Morgan fingerprint density at radius 2 is 1.88 bits per heavy atom. The van der Waals surface area contributed by atoms with Crippen molar-refractivity contribution in [3.63, 3.8) is 0 Å². The summed E-state index contributed by atoms with van der Waals surface area (Å²) < 4.78 is 1.69. The number of amides is 1. The molecular weight excluding hydrogens is 336 g/mol. The number of carbonyl (C=O) groups is 1. The first-order chi connectivity index (χ1) is 12.6. The molecule has 0 spiro atoms. The van der Waals surface area contributed by atoms with Crippen LogP contribution in [0, 0.1) is 10.1 Å². The van der Waals surface area contributed by atoms with Gasteiger partial charge in [0.05, 0.1) is 21.9 Å². The van der Waals surface area contributed by atoms with E-state index in [-0.39, 0.29) is 5.69 Å². The van der Waals surface area contributed by atoms with Crippen LogP contribution in [0.5, 0.6) is 0 Å². The Labute approximate surface area is 148 Å². The van der Waals surface area contributed by atoms with Gasteiger partial charge in [-0.25, -0.2) is 0 Å². The van der Waals surface area contributed by atoms with E-state index in [1.165, 1.54) is 12.1 Å². The Hall–Kier alpha value is -3.65. The minimum Gasteiger partial charge on any atom is -0.358 e. The van der Waals surface area contributed by atoms with Crippen LogP contribution in [0.3, 0.4) is 0 Å². The SMILES string of the molecule is O=C1c2ccccc2N[C@H](c2cccn2-c2cccc([N+](=O)[O-])c2)N1O. The van der Waals surface area contributed by atoms with Crippen molar-refractivity contribution >= 4 is 17.3 Å². The number of nitrogens with one attached hydrogen (secondary N) is 1. The maximum Gasteiger partial charge on any atom is 0.281 e. The zero-order valence-corrected chi connectivity index (χ0v) is 13.4. The maximum absolute atomic E-state index is 12.5. The van der Waals surface area contributed by atoms with Crippen LogP contribution in [-0.2, 0) is 0 Å². The molecule has 130 valence electrons. The highest BCUT2D eigenvalue weighted by Crippen LogP contribution is 2.33. The number of benzene rings is 2. The van der Waals surface area contributed by atoms with Gasteiger partial charge in [-0.2, -0.15) is 5.06 Å². The van der Waals surface area contributed by atoms with E-state index in [0.717, 1.165) is 0 Å². The van der Waals surface area contributed by atoms with Gasteiger partial charge in [-0.15, -0.1) is 0 Å². The average molecular weight is 350 g/mol. The molecule has 0 unspecified atom stereocenters. The van der Waals surface area contributed by atoms with E-state index in [1.807, 2.05) is 0 Å². The molecule has 1 aromatic heterocycles. The molecule has 3 aromatic rings. The van der Waals surface area contributed by atoms with E-state index in [2.05, 4.69) is 5.32 Å². The summed E-state index contributed by atoms with van der Waals surface area (Å²) in [4.78, 5) is 23.0. The van der Waals surface area contributed by atoms with E-state index in [1.54, 1.807) is 59.3 Å². The number of hydroxylamine groups is 2. The Kier molecular flexibility index (Phi) is 3.67. The van der Waals surface area contributed by atoms with E-state index in [4.69, 9.17) is 0 Å². The van der Waals surface area contributed by atoms with Crippen molar-refractivity contribution in [2.75, 3.05) is 5.32 Å². The summed E-state index contributed by atoms with van der Waals surface area (Å²) in [6.45, 7) is 0. The zero-order chi connectivity index (χ0) is 18.3. The first-order valence-electron chi connectivity index (χ1n) is 7.86. The van der Waals surface area contributed by atoms with Crippen molar-refractivity contribution in [1.82, 2.24) is 9.63 Å². The first-order valence-corrected chi connectivity index (χ1v) is 7.86. The standard InChI is InChI=1S/C18H14N4O4/c23-18-14-7-1-2-8-15(14)19-17(21(18)24)16-9-4-10-20(16)12-5-3-6-13(11-12)22(25)26/h1-11,17,19,24H/t17-/m0/s1. The largest absolute Gasteiger partial charge is 0.358 e. The predicted octanol–water partition coefficient (Wildman–Crippen LogP) is 3.34. The second-order valence-corrected chi connectivity index (χ2v) is 5.82. The Morgan fingerprint density at radius 3 is 2.69 bits per heavy atom. The van der Waals surface area contributed by atoms with Crippen LogP contribution >= 0.6 is 0 Å². The summed E-state index contributed by atoms with van der Waals surface area (Å²) in [5, 5.41) is 25.2. The highest BCUT2D eigenvalue weighted by Gasteiger charge is 2.33. The molecule has 0 saturated carbocycles. The quantitative estimate of drug-likeness (QED) is 0.429. The van der Waals surface area contributed by atoms with E-state index >= 15 is 0 Å². The molecule has 2 aromatic carbocycles. The van der Waals surface area contributed by atoms with Gasteiger partial charge in [0.2, 0.25) is 0 Å². The van der Waals surface area contributed by atoms with Crippen molar-refractivity contribution in [2.45, 2.75) is 6.17 Å². The molecule has 1 aliphatic heterocycles. The molecule has 8 nitrogen and oxygen atoms in total. The lowest BCUT2D eigenvalue weighted by Crippen LogP contribution is -2.41. The van der Waals surface area contributed by atoms with Crippen molar-refractivity contribution in [3.05, 3.63) is 88.2 Å². The third-order valence-electron chi connectivity index (χ3n) is 4.28. The number of rotatable bonds is 3. The van der Waals surface area contributed by atoms with Gasteiger partial charge in [0.25, 0.3) is 11.6 Å². The minimum atomic E-state index is -0.827. The third kappa shape index (κ3) is 2.49. The van der Waals surface area contributed by atoms with Crippen LogP contribution in [0.15, 0.2) is 66.9 Å². The molecule has 8 heteroatoms. The summed E-state index contributed by atoms with van der Waals surface area (Å²) in [5.41, 5.74) is 2.07. The number of non-ortho nitro benzene ring substituents is 1. The molecule has 1 aliphatic rings. The number of nitro groups is 1. The third-order valence-corrected chi connectivity index (χ3v) is 4.28. The summed E-state index contributed by atoms with van der Waals surface area (Å²) in [6.07, 6.45) is 0.890. The van der Waals surface area contributed by atoms with Crippen LogP contribution in [0.2, 0.25) is 0 Å². The lowest BCUT2D eigenvalue weighted by molar-refractivity contribution is -0.384. The predicted molar refractivity (Wildman–Crippen MR) is 93.2 cm³/mol. The van der Waals surface area contributed by atoms with Gasteiger partial charge >= 0.3 is 0 Å². The minimum absolute atomic E-state index is 0.0407. The Morgan fingerprint density at radius 1 is 1.08 bits per heavy atom. The fourth-order valence-corrected chi connectivity index (χ4v) is 3.05. The smallest absolute Gasteiger partial charge is 0.281 e. The molecule has 0 fully saturated rings. The number of para-hydroxylation sites is 1. The van der Waals surface area contributed by atoms with Gasteiger partial charge in [-0.1, -0.05) is 18.2 Å². The van der Waals surface area contributed by atoms with Crippen LogP contribution < -0.4 is 5.32 Å². The molecule has 1 amide bonds. The topological polar surface area (TPSA) is 101 Å². The lowest BCUT2D eigenvalue weighted by Gasteiger charge is -2.33. The highest BCUT2D eigenvalue weighted by atomic mass is 16.6.